The zero-order valence-electron chi connectivity index (χ0n) is 6.40. The van der Waals surface area contributed by atoms with E-state index in [1.54, 1.807) is 0 Å². The predicted octanol–water partition coefficient (Wildman–Crippen LogP) is 4.42. The van der Waals surface area contributed by atoms with Gasteiger partial charge in [0.1, 0.15) is 0 Å². The van der Waals surface area contributed by atoms with Crippen molar-refractivity contribution in [3.63, 3.8) is 0 Å². The van der Waals surface area contributed by atoms with Crippen LogP contribution in [-0.2, 0) is 0 Å². The molecule has 62 valence electrons. The first-order chi connectivity index (χ1) is 5.70. The minimum Gasteiger partial charge on any atom is -0.142 e. The summed E-state index contributed by atoms with van der Waals surface area (Å²) in [6.07, 6.45) is 0. The molecule has 1 aromatic carbocycles. The van der Waals surface area contributed by atoms with Crippen molar-refractivity contribution in [2.45, 2.75) is 6.92 Å². The van der Waals surface area contributed by atoms with Crippen LogP contribution in [-0.4, -0.2) is 0 Å². The van der Waals surface area contributed by atoms with Crippen LogP contribution in [0.5, 0.6) is 0 Å². The van der Waals surface area contributed by atoms with Gasteiger partial charge in [-0.25, -0.2) is 0 Å². The van der Waals surface area contributed by atoms with Gasteiger partial charge in [-0.15, -0.1) is 11.3 Å². The smallest absolute Gasteiger partial charge is 0.0489 e. The largest absolute Gasteiger partial charge is 0.142 e. The monoisotopic (exact) mass is 400 g/mol. The Morgan fingerprint density at radius 2 is 2.00 bits per heavy atom. The number of hydrogen-bond donors (Lipinski definition) is 0. The molecule has 0 atom stereocenters. The molecular weight excluding hydrogens is 394 g/mol. The van der Waals surface area contributed by atoms with Crippen molar-refractivity contribution in [3.05, 3.63) is 30.2 Å². The first kappa shape index (κ1) is 9.21. The molecule has 3 heteroatoms. The fourth-order valence-corrected chi connectivity index (χ4v) is 3.92. The zero-order chi connectivity index (χ0) is 8.72. The highest BCUT2D eigenvalue weighted by Crippen LogP contribution is 2.32. The number of benzene rings is 1. The first-order valence-electron chi connectivity index (χ1n) is 3.52. The summed E-state index contributed by atoms with van der Waals surface area (Å²) in [5, 5.41) is 3.61. The highest BCUT2D eigenvalue weighted by atomic mass is 127. The second-order valence-corrected chi connectivity index (χ2v) is 5.78. The standard InChI is InChI=1S/C9H6I2S/c1-5-2-3-6-7(10)4-12-9(6)8(5)11/h2-4H,1H3. The molecule has 0 bridgehead atoms. The van der Waals surface area contributed by atoms with E-state index in [0.717, 1.165) is 0 Å². The first-order valence-corrected chi connectivity index (χ1v) is 6.55. The van der Waals surface area contributed by atoms with Crippen LogP contribution in [0.3, 0.4) is 0 Å². The normalized spacial score (nSPS) is 10.9. The second kappa shape index (κ2) is 3.42. The average Bonchev–Trinajstić information content (AvgIpc) is 2.41. The molecule has 1 heterocycles. The van der Waals surface area contributed by atoms with Crippen molar-refractivity contribution in [2.75, 3.05) is 0 Å². The Hall–Kier alpha value is 0.640. The van der Waals surface area contributed by atoms with E-state index in [9.17, 15) is 0 Å². The molecule has 1 aromatic heterocycles. The summed E-state index contributed by atoms with van der Waals surface area (Å²) in [5.74, 6) is 0. The molecule has 0 saturated heterocycles. The lowest BCUT2D eigenvalue weighted by molar-refractivity contribution is 1.48. The van der Waals surface area contributed by atoms with E-state index in [2.05, 4.69) is 69.6 Å². The Morgan fingerprint density at radius 1 is 1.25 bits per heavy atom. The lowest BCUT2D eigenvalue weighted by atomic mass is 10.2. The molecule has 0 radical (unpaired) electrons. The topological polar surface area (TPSA) is 0 Å². The van der Waals surface area contributed by atoms with E-state index in [0.29, 0.717) is 0 Å². The Kier molecular flexibility index (Phi) is 2.62. The van der Waals surface area contributed by atoms with E-state index >= 15 is 0 Å². The fraction of sp³-hybridized carbons (Fsp3) is 0.111. The molecule has 0 spiro atoms. The van der Waals surface area contributed by atoms with Gasteiger partial charge in [0.25, 0.3) is 0 Å². The van der Waals surface area contributed by atoms with Gasteiger partial charge >= 0.3 is 0 Å². The average molecular weight is 400 g/mol. The maximum absolute atomic E-state index is 2.42. The van der Waals surface area contributed by atoms with Gasteiger partial charge in [0, 0.05) is 22.6 Å². The van der Waals surface area contributed by atoms with E-state index < -0.39 is 0 Å². The Labute approximate surface area is 103 Å². The van der Waals surface area contributed by atoms with Gasteiger partial charge in [-0.1, -0.05) is 12.1 Å². The van der Waals surface area contributed by atoms with Gasteiger partial charge in [-0.05, 0) is 57.7 Å². The maximum Gasteiger partial charge on any atom is 0.0489 e. The third-order valence-corrected chi connectivity index (χ3v) is 5.91. The Bertz CT molecular complexity index is 431. The summed E-state index contributed by atoms with van der Waals surface area (Å²) in [6, 6.07) is 4.41. The van der Waals surface area contributed by atoms with Crippen LogP contribution in [0.2, 0.25) is 0 Å². The number of thiophene rings is 1. The molecule has 0 N–H and O–H groups in total. The molecule has 0 aliphatic heterocycles. The molecule has 0 unspecified atom stereocenters. The summed E-state index contributed by atoms with van der Waals surface area (Å²) < 4.78 is 4.20. The lowest BCUT2D eigenvalue weighted by Crippen LogP contribution is -1.78. The van der Waals surface area contributed by atoms with Crippen molar-refractivity contribution in [3.8, 4) is 0 Å². The number of halogens is 2. The molecule has 2 rings (SSSR count). The van der Waals surface area contributed by atoms with Crippen molar-refractivity contribution >= 4 is 66.6 Å². The molecular formula is C9H6I2S. The Balaban J connectivity index is 2.93. The van der Waals surface area contributed by atoms with Gasteiger partial charge in [-0.3, -0.25) is 0 Å². The van der Waals surface area contributed by atoms with Crippen LogP contribution in [0, 0.1) is 14.1 Å². The van der Waals surface area contributed by atoms with Crippen molar-refractivity contribution in [1.82, 2.24) is 0 Å². The number of fused-ring (bicyclic) bond motifs is 1. The highest BCUT2D eigenvalue weighted by molar-refractivity contribution is 14.1. The predicted molar refractivity (Wildman–Crippen MR) is 72.0 cm³/mol. The van der Waals surface area contributed by atoms with Gasteiger partial charge in [-0.2, -0.15) is 0 Å². The highest BCUT2D eigenvalue weighted by Gasteiger charge is 2.05. The third-order valence-electron chi connectivity index (χ3n) is 1.83. The molecule has 2 aromatic rings. The summed E-state index contributed by atoms with van der Waals surface area (Å²) in [4.78, 5) is 0. The van der Waals surface area contributed by atoms with E-state index in [4.69, 9.17) is 0 Å². The maximum atomic E-state index is 2.42. The number of rotatable bonds is 0. The lowest BCUT2D eigenvalue weighted by Gasteiger charge is -1.98. The summed E-state index contributed by atoms with van der Waals surface area (Å²) in [6.45, 7) is 2.16. The second-order valence-electron chi connectivity index (χ2n) is 2.66. The van der Waals surface area contributed by atoms with Crippen molar-refractivity contribution < 1.29 is 0 Å². The van der Waals surface area contributed by atoms with E-state index in [1.807, 2.05) is 11.3 Å². The van der Waals surface area contributed by atoms with Crippen LogP contribution < -0.4 is 0 Å². The van der Waals surface area contributed by atoms with E-state index in [-0.39, 0.29) is 0 Å². The minimum absolute atomic E-state index is 1.37. The van der Waals surface area contributed by atoms with E-state index in [1.165, 1.54) is 22.8 Å². The van der Waals surface area contributed by atoms with Crippen molar-refractivity contribution in [2.24, 2.45) is 0 Å². The molecule has 0 saturated carbocycles. The molecule has 12 heavy (non-hydrogen) atoms. The SMILES string of the molecule is Cc1ccc2c(I)csc2c1I. The van der Waals surface area contributed by atoms with Crippen LogP contribution >= 0.6 is 56.5 Å². The summed E-state index contributed by atoms with van der Waals surface area (Å²) in [7, 11) is 0. The van der Waals surface area contributed by atoms with Gasteiger partial charge in [0.15, 0.2) is 0 Å². The zero-order valence-corrected chi connectivity index (χ0v) is 11.5. The van der Waals surface area contributed by atoms with Crippen LogP contribution in [0.15, 0.2) is 17.5 Å². The molecule has 0 aliphatic carbocycles. The fourth-order valence-electron chi connectivity index (χ4n) is 1.13. The van der Waals surface area contributed by atoms with Crippen molar-refractivity contribution in [1.29, 1.82) is 0 Å². The molecule has 0 nitrogen and oxygen atoms in total. The third kappa shape index (κ3) is 1.39. The number of hydrogen-bond acceptors (Lipinski definition) is 1. The number of aryl methyl sites for hydroxylation is 1. The molecule has 0 fully saturated rings. The van der Waals surface area contributed by atoms with Gasteiger partial charge < -0.3 is 0 Å². The van der Waals surface area contributed by atoms with Crippen LogP contribution in [0.25, 0.3) is 10.1 Å². The summed E-state index contributed by atoms with van der Waals surface area (Å²) in [5.41, 5.74) is 1.38. The van der Waals surface area contributed by atoms with Gasteiger partial charge in [0.05, 0.1) is 0 Å². The minimum atomic E-state index is 1.37. The van der Waals surface area contributed by atoms with Crippen LogP contribution in [0.4, 0.5) is 0 Å². The molecule has 0 amide bonds. The summed E-state index contributed by atoms with van der Waals surface area (Å²) >= 11 is 6.65. The quantitative estimate of drug-likeness (QED) is 0.575. The van der Waals surface area contributed by atoms with Gasteiger partial charge in [0.2, 0.25) is 0 Å². The molecule has 0 aliphatic rings. The van der Waals surface area contributed by atoms with Crippen LogP contribution in [0.1, 0.15) is 5.56 Å². The Morgan fingerprint density at radius 3 is 2.75 bits per heavy atom.